The lowest BCUT2D eigenvalue weighted by atomic mass is 10.1. The molecule has 0 aromatic rings. The van der Waals surface area contributed by atoms with Gasteiger partial charge in [-0.1, -0.05) is 0 Å². The first-order valence-corrected chi connectivity index (χ1v) is 6.28. The van der Waals surface area contributed by atoms with Crippen molar-refractivity contribution in [3.63, 3.8) is 0 Å². The average molecular weight is 260 g/mol. The van der Waals surface area contributed by atoms with Gasteiger partial charge in [0, 0.05) is 0 Å². The maximum Gasteiger partial charge on any atom is 0.190 e. The van der Waals surface area contributed by atoms with E-state index < -0.39 is 36.2 Å². The van der Waals surface area contributed by atoms with E-state index in [1.807, 2.05) is 13.8 Å². The van der Waals surface area contributed by atoms with Crippen molar-refractivity contribution in [2.24, 2.45) is 0 Å². The minimum Gasteiger partial charge on any atom is -0.387 e. The molecule has 0 aromatic heterocycles. The lowest BCUT2D eigenvalue weighted by molar-refractivity contribution is -0.232. The zero-order valence-corrected chi connectivity index (χ0v) is 11.1. The highest BCUT2D eigenvalue weighted by molar-refractivity contribution is 4.97. The smallest absolute Gasteiger partial charge is 0.190 e. The van der Waals surface area contributed by atoms with E-state index in [4.69, 9.17) is 23.7 Å². The Hall–Kier alpha value is -0.240. The van der Waals surface area contributed by atoms with Crippen molar-refractivity contribution < 1.29 is 28.8 Å². The number of hydrogen-bond acceptors (Lipinski definition) is 6. The molecule has 0 spiro atoms. The normalized spacial score (nSPS) is 49.5. The molecule has 0 bridgehead atoms. The third-order valence-electron chi connectivity index (χ3n) is 3.45. The first-order chi connectivity index (χ1) is 8.27. The van der Waals surface area contributed by atoms with Gasteiger partial charge in [0.15, 0.2) is 17.9 Å². The van der Waals surface area contributed by atoms with Crippen molar-refractivity contribution in [3.8, 4) is 0 Å². The second kappa shape index (κ2) is 3.88. The van der Waals surface area contributed by atoms with Gasteiger partial charge in [-0.15, -0.1) is 0 Å². The van der Waals surface area contributed by atoms with Gasteiger partial charge in [0.1, 0.15) is 24.4 Å². The predicted octanol–water partition coefficient (Wildman–Crippen LogP) is 0.375. The van der Waals surface area contributed by atoms with Crippen LogP contribution in [-0.4, -0.2) is 54.0 Å². The largest absolute Gasteiger partial charge is 0.387 e. The molecule has 0 aliphatic carbocycles. The summed E-state index contributed by atoms with van der Waals surface area (Å²) in [4.78, 5) is 0. The van der Waals surface area contributed by atoms with Crippen LogP contribution in [-0.2, 0) is 23.7 Å². The third kappa shape index (κ3) is 2.07. The van der Waals surface area contributed by atoms with Crippen molar-refractivity contribution in [2.75, 3.05) is 6.61 Å². The SMILES string of the molecule is CC1(C)O[C@@H]2O[C@@H]([C@H]3COC(C)(C)O3)[C@@H](O)[C@@H]2O1. The van der Waals surface area contributed by atoms with Gasteiger partial charge >= 0.3 is 0 Å². The Kier molecular flexibility index (Phi) is 2.75. The number of fused-ring (bicyclic) bond motifs is 1. The molecule has 0 radical (unpaired) electrons. The maximum atomic E-state index is 10.3. The van der Waals surface area contributed by atoms with Crippen molar-refractivity contribution in [2.45, 2.75) is 70.0 Å². The van der Waals surface area contributed by atoms with Crippen LogP contribution >= 0.6 is 0 Å². The lowest BCUT2D eigenvalue weighted by Crippen LogP contribution is -2.42. The Morgan fingerprint density at radius 2 is 1.67 bits per heavy atom. The van der Waals surface area contributed by atoms with Crippen LogP contribution in [0.5, 0.6) is 0 Å². The summed E-state index contributed by atoms with van der Waals surface area (Å²) in [5, 5.41) is 10.3. The van der Waals surface area contributed by atoms with E-state index in [2.05, 4.69) is 0 Å². The fourth-order valence-corrected chi connectivity index (χ4v) is 2.70. The minimum absolute atomic E-state index is 0.295. The van der Waals surface area contributed by atoms with Crippen LogP contribution in [0.4, 0.5) is 0 Å². The molecule has 3 aliphatic heterocycles. The van der Waals surface area contributed by atoms with Gasteiger partial charge in [0.25, 0.3) is 0 Å². The fraction of sp³-hybridized carbons (Fsp3) is 1.00. The summed E-state index contributed by atoms with van der Waals surface area (Å²) in [5.74, 6) is -1.35. The molecule has 18 heavy (non-hydrogen) atoms. The molecular formula is C12H20O6. The highest BCUT2D eigenvalue weighted by atomic mass is 16.8. The standard InChI is InChI=1S/C12H20O6/c1-11(2)14-5-6(16-11)8-7(13)9-10(15-8)18-12(3,4)17-9/h6-10,13H,5H2,1-4H3/t6-,7-,8+,9+,10+/m1/s1. The van der Waals surface area contributed by atoms with E-state index in [-0.39, 0.29) is 6.10 Å². The molecule has 3 fully saturated rings. The Bertz CT molecular complexity index is 341. The first-order valence-electron chi connectivity index (χ1n) is 6.28. The average Bonchev–Trinajstić information content (AvgIpc) is 2.81. The summed E-state index contributed by atoms with van der Waals surface area (Å²) in [6.07, 6.45) is -2.53. The molecular weight excluding hydrogens is 240 g/mol. The summed E-state index contributed by atoms with van der Waals surface area (Å²) in [7, 11) is 0. The van der Waals surface area contributed by atoms with Crippen molar-refractivity contribution in [1.29, 1.82) is 0 Å². The number of ether oxygens (including phenoxy) is 5. The van der Waals surface area contributed by atoms with Gasteiger partial charge in [-0.2, -0.15) is 0 Å². The number of hydrogen-bond donors (Lipinski definition) is 1. The van der Waals surface area contributed by atoms with Gasteiger partial charge in [0.05, 0.1) is 6.61 Å². The first kappa shape index (κ1) is 12.8. The molecule has 0 unspecified atom stereocenters. The van der Waals surface area contributed by atoms with E-state index in [1.54, 1.807) is 13.8 Å². The molecule has 1 N–H and O–H groups in total. The molecule has 0 amide bonds. The van der Waals surface area contributed by atoms with Crippen LogP contribution in [0.3, 0.4) is 0 Å². The molecule has 3 saturated heterocycles. The summed E-state index contributed by atoms with van der Waals surface area (Å²) in [6.45, 7) is 7.68. The van der Waals surface area contributed by atoms with Gasteiger partial charge in [-0.05, 0) is 27.7 Å². The van der Waals surface area contributed by atoms with Crippen LogP contribution < -0.4 is 0 Å². The Balaban J connectivity index is 1.68. The second-order valence-electron chi connectivity index (χ2n) is 5.93. The van der Waals surface area contributed by atoms with Crippen molar-refractivity contribution in [1.82, 2.24) is 0 Å². The van der Waals surface area contributed by atoms with E-state index in [1.165, 1.54) is 0 Å². The maximum absolute atomic E-state index is 10.3. The van der Waals surface area contributed by atoms with E-state index >= 15 is 0 Å². The number of aliphatic hydroxyl groups excluding tert-OH is 1. The fourth-order valence-electron chi connectivity index (χ4n) is 2.70. The topological polar surface area (TPSA) is 66.4 Å². The molecule has 6 nitrogen and oxygen atoms in total. The van der Waals surface area contributed by atoms with Crippen molar-refractivity contribution >= 4 is 0 Å². The van der Waals surface area contributed by atoms with Gasteiger partial charge in [-0.3, -0.25) is 0 Å². The summed E-state index contributed by atoms with van der Waals surface area (Å²) >= 11 is 0. The van der Waals surface area contributed by atoms with Gasteiger partial charge < -0.3 is 28.8 Å². The van der Waals surface area contributed by atoms with Gasteiger partial charge in [-0.25, -0.2) is 0 Å². The lowest BCUT2D eigenvalue weighted by Gasteiger charge is -2.26. The minimum atomic E-state index is -0.765. The number of rotatable bonds is 1. The van der Waals surface area contributed by atoms with E-state index in [9.17, 15) is 5.11 Å². The summed E-state index contributed by atoms with van der Waals surface area (Å²) in [6, 6.07) is 0. The van der Waals surface area contributed by atoms with Crippen LogP contribution in [0.15, 0.2) is 0 Å². The molecule has 3 aliphatic rings. The Morgan fingerprint density at radius 3 is 2.22 bits per heavy atom. The highest BCUT2D eigenvalue weighted by Crippen LogP contribution is 2.40. The molecule has 6 heteroatoms. The molecule has 5 atom stereocenters. The quantitative estimate of drug-likeness (QED) is 0.735. The van der Waals surface area contributed by atoms with Crippen LogP contribution in [0.25, 0.3) is 0 Å². The van der Waals surface area contributed by atoms with Crippen LogP contribution in [0.1, 0.15) is 27.7 Å². The number of aliphatic hydroxyl groups is 1. The summed E-state index contributed by atoms with van der Waals surface area (Å²) in [5.41, 5.74) is 0. The predicted molar refractivity (Wildman–Crippen MR) is 59.6 cm³/mol. The second-order valence-corrected chi connectivity index (χ2v) is 5.93. The molecule has 0 aromatic carbocycles. The Morgan fingerprint density at radius 1 is 0.944 bits per heavy atom. The van der Waals surface area contributed by atoms with Crippen LogP contribution in [0, 0.1) is 0 Å². The van der Waals surface area contributed by atoms with Crippen molar-refractivity contribution in [3.05, 3.63) is 0 Å². The van der Waals surface area contributed by atoms with Gasteiger partial charge in [0.2, 0.25) is 0 Å². The monoisotopic (exact) mass is 260 g/mol. The van der Waals surface area contributed by atoms with E-state index in [0.29, 0.717) is 6.61 Å². The zero-order valence-electron chi connectivity index (χ0n) is 11.1. The van der Waals surface area contributed by atoms with Crippen LogP contribution in [0.2, 0.25) is 0 Å². The molecule has 0 saturated carbocycles. The third-order valence-corrected chi connectivity index (χ3v) is 3.45. The van der Waals surface area contributed by atoms with E-state index in [0.717, 1.165) is 0 Å². The molecule has 104 valence electrons. The zero-order chi connectivity index (χ0) is 13.1. The molecule has 3 rings (SSSR count). The molecule has 3 heterocycles. The highest BCUT2D eigenvalue weighted by Gasteiger charge is 2.57. The Labute approximate surface area is 106 Å². The summed E-state index contributed by atoms with van der Waals surface area (Å²) < 4.78 is 28.1.